The molecule has 2 aromatic rings. The van der Waals surface area contributed by atoms with Gasteiger partial charge in [-0.15, -0.1) is 0 Å². The van der Waals surface area contributed by atoms with Gasteiger partial charge in [-0.1, -0.05) is 54.6 Å². The molecule has 0 aliphatic carbocycles. The normalized spacial score (nSPS) is 12.5. The van der Waals surface area contributed by atoms with Gasteiger partial charge in [-0.25, -0.2) is 4.79 Å². The zero-order valence-electron chi connectivity index (χ0n) is 25.7. The number of methoxy groups -OCH3 is 1. The van der Waals surface area contributed by atoms with Gasteiger partial charge in [-0.3, -0.25) is 15.0 Å². The Morgan fingerprint density at radius 2 is 1.61 bits per heavy atom. The van der Waals surface area contributed by atoms with E-state index in [0.29, 0.717) is 24.4 Å². The van der Waals surface area contributed by atoms with Crippen molar-refractivity contribution in [3.05, 3.63) is 95.0 Å². The summed E-state index contributed by atoms with van der Waals surface area (Å²) in [7, 11) is 3.04. The van der Waals surface area contributed by atoms with Crippen LogP contribution in [0.15, 0.2) is 83.4 Å². The molecular formula is C32H43N7O4S. The van der Waals surface area contributed by atoms with Gasteiger partial charge in [0, 0.05) is 18.5 Å². The lowest BCUT2D eigenvalue weighted by Crippen LogP contribution is -2.38. The number of rotatable bonds is 15. The Hall–Kier alpha value is -4.71. The molecule has 0 aliphatic heterocycles. The third-order valence-electron chi connectivity index (χ3n) is 6.41. The van der Waals surface area contributed by atoms with Gasteiger partial charge < -0.3 is 31.7 Å². The smallest absolute Gasteiger partial charge is 0.407 e. The van der Waals surface area contributed by atoms with Gasteiger partial charge in [0.1, 0.15) is 5.82 Å². The third kappa shape index (κ3) is 14.5. The molecule has 0 bridgehead atoms. The van der Waals surface area contributed by atoms with E-state index in [4.69, 9.17) is 18.0 Å². The minimum absolute atomic E-state index is 0.112. The highest BCUT2D eigenvalue weighted by atomic mass is 32.1. The van der Waals surface area contributed by atoms with Crippen molar-refractivity contribution in [1.29, 1.82) is 0 Å². The van der Waals surface area contributed by atoms with Crippen LogP contribution >= 0.6 is 12.2 Å². The molecule has 0 aromatic heterocycles. The van der Waals surface area contributed by atoms with Crippen LogP contribution in [0, 0.1) is 0 Å². The number of nitrogens with two attached hydrogens (primary N) is 1. The minimum atomic E-state index is -0.525. The standard InChI is InChI=1S/C32H43N7O4S/c1-22(11-8-9-16-27(33)17-18-28(34-3)36-29(40)20-24-12-6-5-7-13-24)38-39-31(44)37-30(41)21-25-14-10-15-26(19-25)23(2)35-32(42)43-4/h5-7,10,12-15,17-19,23,34H,8-9,11,16,20-21,33H2,1-4H3,(H,35,42)(H,36,40)(H2,37,39,41,44)/b27-17-,28-18+,38-22+. The van der Waals surface area contributed by atoms with Gasteiger partial charge >= 0.3 is 6.09 Å². The van der Waals surface area contributed by atoms with Crippen LogP contribution < -0.4 is 32.4 Å². The first-order chi connectivity index (χ1) is 21.1. The second-order valence-corrected chi connectivity index (χ2v) is 10.5. The first kappa shape index (κ1) is 35.5. The molecule has 12 heteroatoms. The van der Waals surface area contributed by atoms with Crippen molar-refractivity contribution in [2.75, 3.05) is 14.2 Å². The molecule has 236 valence electrons. The van der Waals surface area contributed by atoms with Crippen LogP contribution in [0.4, 0.5) is 4.79 Å². The van der Waals surface area contributed by atoms with E-state index in [9.17, 15) is 14.4 Å². The Bertz CT molecular complexity index is 1360. The van der Waals surface area contributed by atoms with Crippen LogP contribution in [0.3, 0.4) is 0 Å². The van der Waals surface area contributed by atoms with Crippen molar-refractivity contribution in [2.45, 2.75) is 58.4 Å². The highest BCUT2D eigenvalue weighted by Crippen LogP contribution is 2.15. The van der Waals surface area contributed by atoms with E-state index < -0.39 is 6.09 Å². The summed E-state index contributed by atoms with van der Waals surface area (Å²) in [6, 6.07) is 16.6. The topological polar surface area (TPSA) is 159 Å². The van der Waals surface area contributed by atoms with Crippen molar-refractivity contribution < 1.29 is 19.1 Å². The highest BCUT2D eigenvalue weighted by molar-refractivity contribution is 7.80. The predicted octanol–water partition coefficient (Wildman–Crippen LogP) is 3.84. The van der Waals surface area contributed by atoms with E-state index in [2.05, 4.69) is 36.5 Å². The molecule has 0 heterocycles. The zero-order valence-corrected chi connectivity index (χ0v) is 26.6. The van der Waals surface area contributed by atoms with Crippen molar-refractivity contribution in [3.63, 3.8) is 0 Å². The number of hydrogen-bond acceptors (Lipinski definition) is 8. The van der Waals surface area contributed by atoms with Crippen LogP contribution in [0.1, 0.15) is 62.3 Å². The molecule has 2 aromatic carbocycles. The van der Waals surface area contributed by atoms with Crippen LogP contribution in [-0.4, -0.2) is 42.9 Å². The van der Waals surface area contributed by atoms with Crippen LogP contribution in [0.2, 0.25) is 0 Å². The maximum absolute atomic E-state index is 12.5. The number of nitrogens with zero attached hydrogens (tertiary/aromatic N) is 1. The van der Waals surface area contributed by atoms with Crippen LogP contribution in [0.25, 0.3) is 0 Å². The Morgan fingerprint density at radius 3 is 2.32 bits per heavy atom. The number of hydrogen-bond donors (Lipinski definition) is 6. The van der Waals surface area contributed by atoms with Crippen LogP contribution in [0.5, 0.6) is 0 Å². The number of benzene rings is 2. The molecule has 2 rings (SSSR count). The largest absolute Gasteiger partial charge is 0.453 e. The summed E-state index contributed by atoms with van der Waals surface area (Å²) in [6.07, 6.45) is 6.56. The summed E-state index contributed by atoms with van der Waals surface area (Å²) in [6.45, 7) is 3.71. The highest BCUT2D eigenvalue weighted by Gasteiger charge is 2.12. The molecule has 44 heavy (non-hydrogen) atoms. The molecule has 1 unspecified atom stereocenters. The fourth-order valence-corrected chi connectivity index (χ4v) is 4.18. The van der Waals surface area contributed by atoms with Gasteiger partial charge in [-0.2, -0.15) is 5.10 Å². The molecule has 0 saturated heterocycles. The van der Waals surface area contributed by atoms with Crippen molar-refractivity contribution in [3.8, 4) is 0 Å². The van der Waals surface area contributed by atoms with E-state index in [-0.39, 0.29) is 29.4 Å². The summed E-state index contributed by atoms with van der Waals surface area (Å²) in [5.74, 6) is 0.175. The molecular weight excluding hydrogens is 578 g/mol. The van der Waals surface area contributed by atoms with E-state index in [1.165, 1.54) is 7.11 Å². The number of alkyl carbamates (subject to hydrolysis) is 1. The maximum Gasteiger partial charge on any atom is 0.407 e. The second-order valence-electron chi connectivity index (χ2n) is 10.1. The lowest BCUT2D eigenvalue weighted by molar-refractivity contribution is -0.120. The Morgan fingerprint density at radius 1 is 0.955 bits per heavy atom. The number of carbonyl (C=O) groups is 3. The summed E-state index contributed by atoms with van der Waals surface area (Å²) >= 11 is 5.21. The average Bonchev–Trinajstić information content (AvgIpc) is 3.00. The van der Waals surface area contributed by atoms with E-state index >= 15 is 0 Å². The number of ether oxygens (including phenoxy) is 1. The van der Waals surface area contributed by atoms with Gasteiger partial charge in [-0.05, 0) is 80.6 Å². The minimum Gasteiger partial charge on any atom is -0.453 e. The first-order valence-corrected chi connectivity index (χ1v) is 14.7. The third-order valence-corrected chi connectivity index (χ3v) is 6.60. The van der Waals surface area contributed by atoms with Gasteiger partial charge in [0.05, 0.1) is 26.0 Å². The number of hydrazone groups is 1. The number of carbonyl (C=O) groups excluding carboxylic acids is 3. The summed E-state index contributed by atoms with van der Waals surface area (Å²) in [4.78, 5) is 36.2. The van der Waals surface area contributed by atoms with Gasteiger partial charge in [0.15, 0.2) is 5.11 Å². The van der Waals surface area contributed by atoms with E-state index in [1.807, 2.05) is 68.4 Å². The zero-order chi connectivity index (χ0) is 32.3. The maximum atomic E-state index is 12.5. The Kier molecular flexibility index (Phi) is 15.7. The predicted molar refractivity (Wildman–Crippen MR) is 177 cm³/mol. The number of amides is 3. The lowest BCUT2D eigenvalue weighted by atomic mass is 10.0. The van der Waals surface area contributed by atoms with Gasteiger partial charge in [0.2, 0.25) is 11.8 Å². The molecule has 0 saturated carbocycles. The van der Waals surface area contributed by atoms with E-state index in [1.54, 1.807) is 19.2 Å². The van der Waals surface area contributed by atoms with Gasteiger partial charge in [0.25, 0.3) is 0 Å². The number of unbranched alkanes of at least 4 members (excludes halogenated alkanes) is 1. The SMILES string of the molecule is CN/C(=C\C=C(/N)CCCC/C(C)=N/NC(=S)NC(=O)Cc1cccc(C(C)NC(=O)OC)c1)NC(=O)Cc1ccccc1. The molecule has 0 radical (unpaired) electrons. The Labute approximate surface area is 264 Å². The summed E-state index contributed by atoms with van der Waals surface area (Å²) in [5.41, 5.74) is 13.0. The van der Waals surface area contributed by atoms with Crippen LogP contribution in [-0.2, 0) is 27.2 Å². The molecule has 0 aliphatic rings. The fraction of sp³-hybridized carbons (Fsp3) is 0.344. The van der Waals surface area contributed by atoms with Crippen molar-refractivity contribution >= 4 is 40.9 Å². The van der Waals surface area contributed by atoms with E-state index in [0.717, 1.165) is 41.7 Å². The molecule has 1 atom stereocenters. The fourth-order valence-electron chi connectivity index (χ4n) is 4.02. The average molecular weight is 622 g/mol. The monoisotopic (exact) mass is 621 g/mol. The molecule has 0 fully saturated rings. The molecule has 11 nitrogen and oxygen atoms in total. The number of allylic oxidation sites excluding steroid dienone is 3. The number of nitrogens with one attached hydrogen (secondary N) is 5. The molecule has 7 N–H and O–H groups in total. The second kappa shape index (κ2) is 19.5. The molecule has 0 spiro atoms. The number of thiocarbonyl (C=S) groups is 1. The molecule has 3 amide bonds. The lowest BCUT2D eigenvalue weighted by Gasteiger charge is -2.14. The summed E-state index contributed by atoms with van der Waals surface area (Å²) < 4.78 is 4.63. The summed E-state index contributed by atoms with van der Waals surface area (Å²) in [5, 5.41) is 15.5. The first-order valence-electron chi connectivity index (χ1n) is 14.3. The van der Waals surface area contributed by atoms with Crippen molar-refractivity contribution in [2.24, 2.45) is 10.8 Å². The Balaban J connectivity index is 1.70. The quantitative estimate of drug-likeness (QED) is 0.0576. The van der Waals surface area contributed by atoms with Crippen molar-refractivity contribution in [1.82, 2.24) is 26.7 Å².